The lowest BCUT2D eigenvalue weighted by Crippen LogP contribution is -1.90. The molecule has 0 amide bonds. The fourth-order valence-electron chi connectivity index (χ4n) is 1.14. The lowest BCUT2D eigenvalue weighted by Gasteiger charge is -1.99. The summed E-state index contributed by atoms with van der Waals surface area (Å²) in [5, 5.41) is 0. The number of rotatable bonds is 1. The molecule has 0 atom stereocenters. The van der Waals surface area contributed by atoms with Crippen LogP contribution in [0.2, 0.25) is 0 Å². The highest BCUT2D eigenvalue weighted by Crippen LogP contribution is 2.16. The lowest BCUT2D eigenvalue weighted by molar-refractivity contribution is 1.29. The van der Waals surface area contributed by atoms with Crippen LogP contribution in [0.5, 0.6) is 0 Å². The minimum atomic E-state index is 0.517. The number of nitrogens with zero attached hydrogens (tertiary/aromatic N) is 2. The monoisotopic (exact) mass is 171 g/mol. The normalized spacial score (nSPS) is 9.85. The molecule has 0 unspecified atom stereocenters. The first-order chi connectivity index (χ1) is 6.36. The van der Waals surface area contributed by atoms with Crippen LogP contribution in [-0.4, -0.2) is 9.97 Å². The molecule has 0 saturated carbocycles. The van der Waals surface area contributed by atoms with Gasteiger partial charge in [-0.3, -0.25) is 4.98 Å². The van der Waals surface area contributed by atoms with E-state index in [2.05, 4.69) is 9.97 Å². The highest BCUT2D eigenvalue weighted by Gasteiger charge is 1.97. The van der Waals surface area contributed by atoms with E-state index in [1.807, 2.05) is 30.3 Å². The van der Waals surface area contributed by atoms with Crippen LogP contribution in [0.3, 0.4) is 0 Å². The van der Waals surface area contributed by atoms with Gasteiger partial charge in [0.15, 0.2) is 0 Å². The Morgan fingerprint density at radius 2 is 1.92 bits per heavy atom. The summed E-state index contributed by atoms with van der Waals surface area (Å²) in [6, 6.07) is 9.46. The fraction of sp³-hybridized carbons (Fsp3) is 0. The van der Waals surface area contributed by atoms with Crippen molar-refractivity contribution in [3.63, 3.8) is 0 Å². The predicted molar refractivity (Wildman–Crippen MR) is 51.9 cm³/mol. The van der Waals surface area contributed by atoms with E-state index < -0.39 is 0 Å². The van der Waals surface area contributed by atoms with Crippen molar-refractivity contribution in [2.24, 2.45) is 0 Å². The minimum absolute atomic E-state index is 0.517. The van der Waals surface area contributed by atoms with E-state index in [0.29, 0.717) is 5.82 Å². The second-order valence-corrected chi connectivity index (χ2v) is 2.68. The van der Waals surface area contributed by atoms with Gasteiger partial charge < -0.3 is 5.73 Å². The van der Waals surface area contributed by atoms with Gasteiger partial charge in [-0.05, 0) is 24.3 Å². The van der Waals surface area contributed by atoms with Crippen molar-refractivity contribution in [1.29, 1.82) is 0 Å². The average molecular weight is 171 g/mol. The molecule has 64 valence electrons. The molecule has 2 heterocycles. The Morgan fingerprint density at radius 3 is 2.62 bits per heavy atom. The van der Waals surface area contributed by atoms with Crippen molar-refractivity contribution in [3.05, 3.63) is 42.7 Å². The molecule has 0 bridgehead atoms. The molecule has 2 aromatic rings. The third-order valence-electron chi connectivity index (χ3n) is 1.74. The Morgan fingerprint density at radius 1 is 1.00 bits per heavy atom. The van der Waals surface area contributed by atoms with Crippen LogP contribution >= 0.6 is 0 Å². The van der Waals surface area contributed by atoms with Crippen LogP contribution in [0.4, 0.5) is 5.82 Å². The summed E-state index contributed by atoms with van der Waals surface area (Å²) in [4.78, 5) is 8.12. The van der Waals surface area contributed by atoms with Gasteiger partial charge in [0.2, 0.25) is 0 Å². The Balaban J connectivity index is 2.48. The van der Waals surface area contributed by atoms with Gasteiger partial charge >= 0.3 is 0 Å². The van der Waals surface area contributed by atoms with Crippen LogP contribution in [0, 0.1) is 0 Å². The summed E-state index contributed by atoms with van der Waals surface area (Å²) in [6.07, 6.45) is 3.44. The third-order valence-corrected chi connectivity index (χ3v) is 1.74. The first-order valence-corrected chi connectivity index (χ1v) is 3.99. The zero-order valence-electron chi connectivity index (χ0n) is 7.01. The van der Waals surface area contributed by atoms with Crippen LogP contribution in [0.25, 0.3) is 11.3 Å². The maximum Gasteiger partial charge on any atom is 0.123 e. The number of hydrogen-bond donors (Lipinski definition) is 1. The number of nitrogens with two attached hydrogens (primary N) is 1. The zero-order valence-corrected chi connectivity index (χ0v) is 7.01. The van der Waals surface area contributed by atoms with E-state index in [1.165, 1.54) is 0 Å². The lowest BCUT2D eigenvalue weighted by atomic mass is 10.2. The summed E-state index contributed by atoms with van der Waals surface area (Å²) < 4.78 is 0. The molecule has 2 rings (SSSR count). The molecule has 2 aromatic heterocycles. The van der Waals surface area contributed by atoms with Crippen molar-refractivity contribution < 1.29 is 0 Å². The predicted octanol–water partition coefficient (Wildman–Crippen LogP) is 1.73. The van der Waals surface area contributed by atoms with E-state index in [9.17, 15) is 0 Å². The smallest absolute Gasteiger partial charge is 0.123 e. The SMILES string of the molecule is Nc1cc(-c2ccccn2)ccn1. The first kappa shape index (κ1) is 7.73. The topological polar surface area (TPSA) is 51.8 Å². The quantitative estimate of drug-likeness (QED) is 0.710. The largest absolute Gasteiger partial charge is 0.384 e. The molecule has 0 radical (unpaired) electrons. The first-order valence-electron chi connectivity index (χ1n) is 3.99. The number of pyridine rings is 2. The Kier molecular flexibility index (Phi) is 1.92. The molecule has 3 heteroatoms. The van der Waals surface area contributed by atoms with Gasteiger partial charge in [-0.1, -0.05) is 6.07 Å². The van der Waals surface area contributed by atoms with Gasteiger partial charge in [0, 0.05) is 18.0 Å². The van der Waals surface area contributed by atoms with Gasteiger partial charge in [0.1, 0.15) is 5.82 Å². The average Bonchev–Trinajstić information content (AvgIpc) is 2.19. The van der Waals surface area contributed by atoms with Crippen molar-refractivity contribution in [2.75, 3.05) is 5.73 Å². The van der Waals surface area contributed by atoms with Gasteiger partial charge in [-0.25, -0.2) is 4.98 Å². The Hall–Kier alpha value is -1.90. The van der Waals surface area contributed by atoms with Gasteiger partial charge in [-0.2, -0.15) is 0 Å². The second kappa shape index (κ2) is 3.23. The molecule has 0 aliphatic heterocycles. The third kappa shape index (κ3) is 1.64. The number of aromatic nitrogens is 2. The number of nitrogen functional groups attached to an aromatic ring is 1. The van der Waals surface area contributed by atoms with Crippen LogP contribution < -0.4 is 5.73 Å². The van der Waals surface area contributed by atoms with Gasteiger partial charge in [0.05, 0.1) is 5.69 Å². The zero-order chi connectivity index (χ0) is 9.10. The molecular weight excluding hydrogens is 162 g/mol. The van der Waals surface area contributed by atoms with Crippen molar-refractivity contribution in [2.45, 2.75) is 0 Å². The maximum absolute atomic E-state index is 5.56. The van der Waals surface area contributed by atoms with Crippen LogP contribution in [0.1, 0.15) is 0 Å². The maximum atomic E-state index is 5.56. The number of anilines is 1. The highest BCUT2D eigenvalue weighted by atomic mass is 14.8. The van der Waals surface area contributed by atoms with Gasteiger partial charge in [-0.15, -0.1) is 0 Å². The Labute approximate surface area is 76.3 Å². The molecule has 0 aliphatic carbocycles. The van der Waals surface area contributed by atoms with Crippen molar-refractivity contribution in [3.8, 4) is 11.3 Å². The van der Waals surface area contributed by atoms with E-state index in [4.69, 9.17) is 5.73 Å². The molecule has 13 heavy (non-hydrogen) atoms. The summed E-state index contributed by atoms with van der Waals surface area (Å²) in [5.74, 6) is 0.517. The molecule has 0 saturated heterocycles. The van der Waals surface area contributed by atoms with Crippen molar-refractivity contribution >= 4 is 5.82 Å². The molecule has 2 N–H and O–H groups in total. The fourth-order valence-corrected chi connectivity index (χ4v) is 1.14. The van der Waals surface area contributed by atoms with E-state index in [-0.39, 0.29) is 0 Å². The molecule has 0 aliphatic rings. The summed E-state index contributed by atoms with van der Waals surface area (Å²) >= 11 is 0. The summed E-state index contributed by atoms with van der Waals surface area (Å²) in [6.45, 7) is 0. The molecule has 0 fully saturated rings. The van der Waals surface area contributed by atoms with E-state index in [0.717, 1.165) is 11.3 Å². The molecule has 0 spiro atoms. The summed E-state index contributed by atoms with van der Waals surface area (Å²) in [5.41, 5.74) is 7.46. The van der Waals surface area contributed by atoms with Crippen molar-refractivity contribution in [1.82, 2.24) is 9.97 Å². The van der Waals surface area contributed by atoms with Gasteiger partial charge in [0.25, 0.3) is 0 Å². The highest BCUT2D eigenvalue weighted by molar-refractivity contribution is 5.61. The van der Waals surface area contributed by atoms with Crippen LogP contribution in [0.15, 0.2) is 42.7 Å². The van der Waals surface area contributed by atoms with E-state index >= 15 is 0 Å². The number of hydrogen-bond acceptors (Lipinski definition) is 3. The molecule has 3 nitrogen and oxygen atoms in total. The van der Waals surface area contributed by atoms with E-state index in [1.54, 1.807) is 12.4 Å². The Bertz CT molecular complexity index is 398. The second-order valence-electron chi connectivity index (χ2n) is 2.68. The standard InChI is InChI=1S/C10H9N3/c11-10-7-8(4-6-13-10)9-3-1-2-5-12-9/h1-7H,(H2,11,13). The molecule has 0 aromatic carbocycles. The molecular formula is C10H9N3. The van der Waals surface area contributed by atoms with Crippen LogP contribution in [-0.2, 0) is 0 Å². The minimum Gasteiger partial charge on any atom is -0.384 e. The summed E-state index contributed by atoms with van der Waals surface area (Å²) in [7, 11) is 0.